The van der Waals surface area contributed by atoms with Crippen LogP contribution in [0, 0.1) is 13.8 Å². The molecule has 88 valence electrons. The van der Waals surface area contributed by atoms with Crippen molar-refractivity contribution in [1.29, 1.82) is 0 Å². The first kappa shape index (κ1) is 11.8. The molecular formula is C12H13ClN4. The minimum atomic E-state index is 0.487. The summed E-state index contributed by atoms with van der Waals surface area (Å²) in [5, 5.41) is 3.70. The van der Waals surface area contributed by atoms with Gasteiger partial charge >= 0.3 is 0 Å². The van der Waals surface area contributed by atoms with Crippen molar-refractivity contribution in [3.8, 4) is 0 Å². The van der Waals surface area contributed by atoms with Crippen LogP contribution in [0.15, 0.2) is 24.4 Å². The highest BCUT2D eigenvalue weighted by atomic mass is 35.5. The monoisotopic (exact) mass is 248 g/mol. The number of rotatable bonds is 3. The van der Waals surface area contributed by atoms with Crippen LogP contribution in [0.3, 0.4) is 0 Å². The lowest BCUT2D eigenvalue weighted by molar-refractivity contribution is 0.981. The Morgan fingerprint density at radius 2 is 2.06 bits per heavy atom. The molecule has 0 radical (unpaired) electrons. The first-order valence-electron chi connectivity index (χ1n) is 5.31. The van der Waals surface area contributed by atoms with E-state index in [0.717, 1.165) is 17.1 Å². The van der Waals surface area contributed by atoms with Gasteiger partial charge in [-0.1, -0.05) is 17.7 Å². The van der Waals surface area contributed by atoms with Gasteiger partial charge in [-0.3, -0.25) is 4.98 Å². The molecule has 2 aromatic rings. The number of aromatic nitrogens is 3. The summed E-state index contributed by atoms with van der Waals surface area (Å²) in [5.74, 6) is 1.41. The van der Waals surface area contributed by atoms with Crippen LogP contribution in [0.5, 0.6) is 0 Å². The summed E-state index contributed by atoms with van der Waals surface area (Å²) in [6, 6.07) is 5.80. The van der Waals surface area contributed by atoms with E-state index in [2.05, 4.69) is 20.3 Å². The number of halogens is 1. The summed E-state index contributed by atoms with van der Waals surface area (Å²) in [6.07, 6.45) is 1.77. The van der Waals surface area contributed by atoms with Gasteiger partial charge in [-0.15, -0.1) is 0 Å². The highest BCUT2D eigenvalue weighted by Crippen LogP contribution is 2.19. The largest absolute Gasteiger partial charge is 0.364 e. The van der Waals surface area contributed by atoms with E-state index in [9.17, 15) is 0 Å². The average molecular weight is 249 g/mol. The van der Waals surface area contributed by atoms with Gasteiger partial charge in [-0.25, -0.2) is 9.97 Å². The lowest BCUT2D eigenvalue weighted by Gasteiger charge is -2.09. The first-order valence-corrected chi connectivity index (χ1v) is 5.69. The summed E-state index contributed by atoms with van der Waals surface area (Å²) in [4.78, 5) is 12.6. The molecule has 0 aliphatic heterocycles. The third-order valence-corrected chi connectivity index (χ3v) is 2.73. The van der Waals surface area contributed by atoms with Crippen LogP contribution in [0.1, 0.15) is 17.1 Å². The number of hydrogen-bond donors (Lipinski definition) is 1. The Labute approximate surface area is 105 Å². The maximum absolute atomic E-state index is 5.99. The molecule has 0 aliphatic carbocycles. The maximum Gasteiger partial charge on any atom is 0.137 e. The topological polar surface area (TPSA) is 50.7 Å². The van der Waals surface area contributed by atoms with E-state index in [1.165, 1.54) is 0 Å². The Balaban J connectivity index is 2.14. The van der Waals surface area contributed by atoms with Gasteiger partial charge in [-0.2, -0.15) is 0 Å². The Kier molecular flexibility index (Phi) is 3.54. The Hall–Kier alpha value is -1.68. The molecule has 0 bridgehead atoms. The number of anilines is 1. The lowest BCUT2D eigenvalue weighted by atomic mass is 10.3. The van der Waals surface area contributed by atoms with Gasteiger partial charge in [0.05, 0.1) is 12.2 Å². The van der Waals surface area contributed by atoms with Crippen LogP contribution in [0.4, 0.5) is 5.82 Å². The van der Waals surface area contributed by atoms with Crippen molar-refractivity contribution >= 4 is 17.4 Å². The number of hydrogen-bond acceptors (Lipinski definition) is 4. The van der Waals surface area contributed by atoms with Crippen molar-refractivity contribution in [1.82, 2.24) is 15.0 Å². The molecule has 0 unspecified atom stereocenters. The van der Waals surface area contributed by atoms with Gasteiger partial charge in [0, 0.05) is 11.8 Å². The molecule has 5 heteroatoms. The normalized spacial score (nSPS) is 10.3. The molecule has 0 aromatic carbocycles. The zero-order valence-electron chi connectivity index (χ0n) is 9.74. The molecule has 1 N–H and O–H groups in total. The van der Waals surface area contributed by atoms with E-state index in [1.807, 2.05) is 32.0 Å². The zero-order chi connectivity index (χ0) is 12.3. The molecule has 0 spiro atoms. The molecule has 2 rings (SSSR count). The fraction of sp³-hybridized carbons (Fsp3) is 0.250. The van der Waals surface area contributed by atoms with Crippen LogP contribution in [0.2, 0.25) is 5.15 Å². The molecule has 2 aromatic heterocycles. The Bertz CT molecular complexity index is 513. The van der Waals surface area contributed by atoms with E-state index in [4.69, 9.17) is 11.6 Å². The van der Waals surface area contributed by atoms with Crippen molar-refractivity contribution in [2.45, 2.75) is 20.4 Å². The first-order chi connectivity index (χ1) is 8.16. The van der Waals surface area contributed by atoms with Gasteiger partial charge in [0.2, 0.25) is 0 Å². The fourth-order valence-corrected chi connectivity index (χ4v) is 1.66. The lowest BCUT2D eigenvalue weighted by Crippen LogP contribution is -2.06. The summed E-state index contributed by atoms with van der Waals surface area (Å²) < 4.78 is 0. The highest BCUT2D eigenvalue weighted by Gasteiger charge is 2.06. The van der Waals surface area contributed by atoms with E-state index >= 15 is 0 Å². The Morgan fingerprint density at radius 3 is 2.76 bits per heavy atom. The van der Waals surface area contributed by atoms with E-state index in [-0.39, 0.29) is 0 Å². The maximum atomic E-state index is 5.99. The standard InChI is InChI=1S/C12H13ClN4/c1-8-11(13)16-9(2)17-12(8)15-7-10-5-3-4-6-14-10/h3-6H,7H2,1-2H3,(H,15,16,17). The summed E-state index contributed by atoms with van der Waals surface area (Å²) in [6.45, 7) is 4.33. The van der Waals surface area contributed by atoms with E-state index in [1.54, 1.807) is 6.20 Å². The molecule has 17 heavy (non-hydrogen) atoms. The highest BCUT2D eigenvalue weighted by molar-refractivity contribution is 6.30. The second kappa shape index (κ2) is 5.10. The van der Waals surface area contributed by atoms with Gasteiger partial charge in [0.15, 0.2) is 0 Å². The van der Waals surface area contributed by atoms with Crippen LogP contribution in [-0.4, -0.2) is 15.0 Å². The molecule has 0 aliphatic rings. The van der Waals surface area contributed by atoms with Gasteiger partial charge in [0.25, 0.3) is 0 Å². The van der Waals surface area contributed by atoms with Crippen LogP contribution < -0.4 is 5.32 Å². The minimum absolute atomic E-state index is 0.487. The molecule has 0 fully saturated rings. The minimum Gasteiger partial charge on any atom is -0.364 e. The smallest absolute Gasteiger partial charge is 0.137 e. The summed E-state index contributed by atoms with van der Waals surface area (Å²) in [5.41, 5.74) is 1.81. The van der Waals surface area contributed by atoms with Crippen LogP contribution in [-0.2, 0) is 6.54 Å². The number of aryl methyl sites for hydroxylation is 1. The summed E-state index contributed by atoms with van der Waals surface area (Å²) >= 11 is 5.99. The number of nitrogens with one attached hydrogen (secondary N) is 1. The van der Waals surface area contributed by atoms with Crippen LogP contribution in [0.25, 0.3) is 0 Å². The number of pyridine rings is 1. The van der Waals surface area contributed by atoms with Crippen molar-refractivity contribution in [3.05, 3.63) is 46.6 Å². The van der Waals surface area contributed by atoms with Crippen molar-refractivity contribution in [3.63, 3.8) is 0 Å². The predicted octanol–water partition coefficient (Wildman–Crippen LogP) is 2.75. The molecule has 4 nitrogen and oxygen atoms in total. The molecule has 0 atom stereocenters. The van der Waals surface area contributed by atoms with Crippen molar-refractivity contribution in [2.75, 3.05) is 5.32 Å². The van der Waals surface area contributed by atoms with Crippen molar-refractivity contribution in [2.24, 2.45) is 0 Å². The van der Waals surface area contributed by atoms with Crippen molar-refractivity contribution < 1.29 is 0 Å². The molecule has 0 saturated carbocycles. The molecular weight excluding hydrogens is 236 g/mol. The number of nitrogens with zero attached hydrogens (tertiary/aromatic N) is 3. The van der Waals surface area contributed by atoms with Crippen LogP contribution >= 0.6 is 11.6 Å². The summed E-state index contributed by atoms with van der Waals surface area (Å²) in [7, 11) is 0. The second-order valence-electron chi connectivity index (χ2n) is 3.71. The van der Waals surface area contributed by atoms with E-state index in [0.29, 0.717) is 17.5 Å². The van der Waals surface area contributed by atoms with Gasteiger partial charge in [0.1, 0.15) is 16.8 Å². The SMILES string of the molecule is Cc1nc(Cl)c(C)c(NCc2ccccn2)n1. The van der Waals surface area contributed by atoms with E-state index < -0.39 is 0 Å². The molecule has 0 saturated heterocycles. The Morgan fingerprint density at radius 1 is 1.24 bits per heavy atom. The van der Waals surface area contributed by atoms with Gasteiger partial charge < -0.3 is 5.32 Å². The average Bonchev–Trinajstić information content (AvgIpc) is 2.33. The molecule has 0 amide bonds. The third-order valence-electron chi connectivity index (χ3n) is 2.36. The fourth-order valence-electron chi connectivity index (χ4n) is 1.44. The predicted molar refractivity (Wildman–Crippen MR) is 68.1 cm³/mol. The van der Waals surface area contributed by atoms with Gasteiger partial charge in [-0.05, 0) is 26.0 Å². The quantitative estimate of drug-likeness (QED) is 0.849. The molecule has 2 heterocycles. The zero-order valence-corrected chi connectivity index (χ0v) is 10.5. The second-order valence-corrected chi connectivity index (χ2v) is 4.07. The third kappa shape index (κ3) is 2.91.